The van der Waals surface area contributed by atoms with E-state index in [1.807, 2.05) is 0 Å². The number of para-hydroxylation sites is 1. The number of aryl methyl sites for hydroxylation is 2. The fraction of sp³-hybridized carbons (Fsp3) is 0.385. The van der Waals surface area contributed by atoms with Crippen LogP contribution in [0.1, 0.15) is 132 Å². The van der Waals surface area contributed by atoms with Crippen molar-refractivity contribution in [1.29, 1.82) is 10.5 Å². The lowest BCUT2D eigenvalue weighted by molar-refractivity contribution is 0.166. The summed E-state index contributed by atoms with van der Waals surface area (Å²) in [6.07, 6.45) is 12.5. The Balaban J connectivity index is 1.31. The molecule has 8 bridgehead atoms. The van der Waals surface area contributed by atoms with E-state index >= 15 is 0 Å². The fourth-order valence-corrected chi connectivity index (χ4v) is 15.3. The van der Waals surface area contributed by atoms with E-state index in [2.05, 4.69) is 85.0 Å². The molecule has 0 radical (unpaired) electrons. The second kappa shape index (κ2) is 10.3. The minimum absolute atomic E-state index is 0.443. The molecule has 16 rings (SSSR count). The SMILES string of the molecule is Cc1cccc(C)c1-c1c2oc3ccccc3c2c2c3c4c(c(C#N)cc3n3c5cc(C#N)c6c(c5c1c23)C1CC2CC(CC6C2)C1)C1CC2CC(C1)CC4C2. The average Bonchev–Trinajstić information content (AvgIpc) is 3.76. The summed E-state index contributed by atoms with van der Waals surface area (Å²) in [4.78, 5) is 0. The molecule has 4 saturated carbocycles. The van der Waals surface area contributed by atoms with Crippen LogP contribution < -0.4 is 0 Å². The first kappa shape index (κ1) is 30.8. The summed E-state index contributed by atoms with van der Waals surface area (Å²) < 4.78 is 9.86. The number of nitrogens with zero attached hydrogens (tertiary/aromatic N) is 3. The molecule has 3 heterocycles. The normalized spacial score (nSPS) is 28.5. The van der Waals surface area contributed by atoms with Crippen LogP contribution in [0.15, 0.2) is 59.0 Å². The van der Waals surface area contributed by atoms with Gasteiger partial charge in [0.1, 0.15) is 11.2 Å². The van der Waals surface area contributed by atoms with Crippen molar-refractivity contribution in [3.8, 4) is 23.3 Å². The number of fused-ring (bicyclic) bond motifs is 10. The van der Waals surface area contributed by atoms with Gasteiger partial charge in [-0.05, 0) is 183 Å². The predicted octanol–water partition coefficient (Wildman–Crippen LogP) is 13.5. The minimum Gasteiger partial charge on any atom is -0.455 e. The lowest BCUT2D eigenvalue weighted by Gasteiger charge is -2.38. The molecule has 0 aliphatic heterocycles. The summed E-state index contributed by atoms with van der Waals surface area (Å²) in [6, 6.07) is 25.6. The number of rotatable bonds is 1. The van der Waals surface area contributed by atoms with Gasteiger partial charge in [-0.25, -0.2) is 0 Å². The Labute approximate surface area is 326 Å². The van der Waals surface area contributed by atoms with Gasteiger partial charge in [0, 0.05) is 37.9 Å². The van der Waals surface area contributed by atoms with E-state index in [0.717, 1.165) is 57.0 Å². The summed E-state index contributed by atoms with van der Waals surface area (Å²) in [5, 5.41) is 30.0. The second-order valence-electron chi connectivity index (χ2n) is 19.5. The van der Waals surface area contributed by atoms with E-state index in [9.17, 15) is 10.5 Å². The van der Waals surface area contributed by atoms with Gasteiger partial charge in [-0.2, -0.15) is 10.5 Å². The number of benzene rings is 5. The van der Waals surface area contributed by atoms with Crippen LogP contribution >= 0.6 is 0 Å². The Morgan fingerprint density at radius 1 is 0.536 bits per heavy atom. The first-order chi connectivity index (χ1) is 27.5. The lowest BCUT2D eigenvalue weighted by Crippen LogP contribution is -2.25. The molecule has 4 atom stereocenters. The summed E-state index contributed by atoms with van der Waals surface area (Å²) >= 11 is 0. The molecular weight excluding hydrogens is 683 g/mol. The van der Waals surface area contributed by atoms with E-state index in [1.54, 1.807) is 0 Å². The molecule has 5 aromatic carbocycles. The molecular formula is C52H43N3O. The Bertz CT molecular complexity index is 3170. The van der Waals surface area contributed by atoms with Crippen LogP contribution in [-0.2, 0) is 0 Å². The van der Waals surface area contributed by atoms with Gasteiger partial charge in [-0.3, -0.25) is 0 Å². The van der Waals surface area contributed by atoms with Gasteiger partial charge < -0.3 is 8.82 Å². The third kappa shape index (κ3) is 3.59. The lowest BCUT2D eigenvalue weighted by atomic mass is 9.67. The zero-order valence-electron chi connectivity index (χ0n) is 32.1. The molecule has 8 aromatic rings. The van der Waals surface area contributed by atoms with Crippen molar-refractivity contribution < 1.29 is 4.42 Å². The molecule has 4 unspecified atom stereocenters. The summed E-state index contributed by atoms with van der Waals surface area (Å²) in [7, 11) is 0. The molecule has 3 aromatic heterocycles. The van der Waals surface area contributed by atoms with Gasteiger partial charge in [0.25, 0.3) is 0 Å². The van der Waals surface area contributed by atoms with Gasteiger partial charge >= 0.3 is 0 Å². The van der Waals surface area contributed by atoms with E-state index in [-0.39, 0.29) is 0 Å². The maximum absolute atomic E-state index is 11.1. The van der Waals surface area contributed by atoms with Crippen molar-refractivity contribution >= 4 is 60.0 Å². The maximum atomic E-state index is 11.1. The van der Waals surface area contributed by atoms with Crippen LogP contribution in [-0.4, -0.2) is 4.40 Å². The zero-order chi connectivity index (χ0) is 36.9. The molecule has 0 saturated heterocycles. The predicted molar refractivity (Wildman–Crippen MR) is 224 cm³/mol. The van der Waals surface area contributed by atoms with Crippen molar-refractivity contribution in [2.75, 3.05) is 0 Å². The van der Waals surface area contributed by atoms with Gasteiger partial charge in [0.15, 0.2) is 0 Å². The molecule has 272 valence electrons. The Hall–Kier alpha value is -5.32. The number of aromatic nitrogens is 1. The van der Waals surface area contributed by atoms with Crippen molar-refractivity contribution in [3.05, 3.63) is 99.1 Å². The molecule has 8 aliphatic carbocycles. The van der Waals surface area contributed by atoms with Crippen molar-refractivity contribution in [1.82, 2.24) is 4.40 Å². The number of hydrogen-bond acceptors (Lipinski definition) is 3. The monoisotopic (exact) mass is 725 g/mol. The molecule has 8 aliphatic rings. The highest BCUT2D eigenvalue weighted by Crippen LogP contribution is 2.63. The number of hydrogen-bond donors (Lipinski definition) is 0. The van der Waals surface area contributed by atoms with Crippen LogP contribution in [0.4, 0.5) is 0 Å². The highest BCUT2D eigenvalue weighted by atomic mass is 16.3. The van der Waals surface area contributed by atoms with E-state index in [1.165, 1.54) is 147 Å². The molecule has 4 heteroatoms. The quantitative estimate of drug-likeness (QED) is 0.169. The van der Waals surface area contributed by atoms with Crippen LogP contribution in [0.3, 0.4) is 0 Å². The Morgan fingerprint density at radius 2 is 1.04 bits per heavy atom. The highest BCUT2D eigenvalue weighted by molar-refractivity contribution is 6.40. The summed E-state index contributed by atoms with van der Waals surface area (Å²) in [5.41, 5.74) is 17.9. The van der Waals surface area contributed by atoms with Crippen molar-refractivity contribution in [2.45, 2.75) is 102 Å². The topological polar surface area (TPSA) is 65.1 Å². The third-order valence-corrected chi connectivity index (χ3v) is 16.7. The largest absolute Gasteiger partial charge is 0.455 e. The Morgan fingerprint density at radius 3 is 1.57 bits per heavy atom. The summed E-state index contributed by atoms with van der Waals surface area (Å²) in [6.45, 7) is 4.53. The zero-order valence-corrected chi connectivity index (χ0v) is 32.1. The van der Waals surface area contributed by atoms with Crippen LogP contribution in [0.25, 0.3) is 71.2 Å². The molecule has 0 amide bonds. The second-order valence-corrected chi connectivity index (χ2v) is 19.5. The molecule has 56 heavy (non-hydrogen) atoms. The van der Waals surface area contributed by atoms with Gasteiger partial charge in [0.05, 0.1) is 39.8 Å². The fourth-order valence-electron chi connectivity index (χ4n) is 15.3. The van der Waals surface area contributed by atoms with Crippen molar-refractivity contribution in [2.24, 2.45) is 23.7 Å². The van der Waals surface area contributed by atoms with Crippen LogP contribution in [0, 0.1) is 60.2 Å². The number of nitriles is 2. The first-order valence-electron chi connectivity index (χ1n) is 21.6. The molecule has 4 nitrogen and oxygen atoms in total. The first-order valence-corrected chi connectivity index (χ1v) is 21.6. The van der Waals surface area contributed by atoms with Gasteiger partial charge in [0.2, 0.25) is 0 Å². The molecule has 0 N–H and O–H groups in total. The average molecular weight is 726 g/mol. The van der Waals surface area contributed by atoms with Crippen LogP contribution in [0.5, 0.6) is 0 Å². The van der Waals surface area contributed by atoms with Gasteiger partial charge in [-0.1, -0.05) is 36.4 Å². The number of furan rings is 1. The Kier molecular flexibility index (Phi) is 5.70. The van der Waals surface area contributed by atoms with E-state index in [0.29, 0.717) is 23.7 Å². The minimum atomic E-state index is 0.443. The smallest absolute Gasteiger partial charge is 0.144 e. The summed E-state index contributed by atoms with van der Waals surface area (Å²) in [5.74, 6) is 4.76. The highest BCUT2D eigenvalue weighted by Gasteiger charge is 2.47. The van der Waals surface area contributed by atoms with Crippen molar-refractivity contribution in [3.63, 3.8) is 0 Å². The molecule has 4 fully saturated rings. The van der Waals surface area contributed by atoms with Crippen LogP contribution in [0.2, 0.25) is 0 Å². The standard InChI is InChI=1S/C52H43N3O/c1-24-6-5-7-25(2)40(24)50-49-47-38(21-35(23-54)42-31-14-28-11-29(15-31)19-33(18-28)44(42)47)55-37-20-34(22-53)41-30-12-26-10-27(13-30)17-32(16-26)43(41)46(37)48(51(49)55)45-36-8-3-4-9-39(36)56-52(45)50/h3-9,20-21,26-33H,10-19H2,1-2H3. The van der Waals surface area contributed by atoms with E-state index < -0.39 is 0 Å². The van der Waals surface area contributed by atoms with Gasteiger partial charge in [-0.15, -0.1) is 0 Å². The van der Waals surface area contributed by atoms with E-state index in [4.69, 9.17) is 4.42 Å². The maximum Gasteiger partial charge on any atom is 0.144 e. The third-order valence-electron chi connectivity index (χ3n) is 16.7. The molecule has 0 spiro atoms.